The number of phenols is 1. The molecule has 3 aromatic carbocycles. The summed E-state index contributed by atoms with van der Waals surface area (Å²) in [6, 6.07) is 17.6. The number of phenolic OH excluding ortho intramolecular Hbond substituents is 1. The van der Waals surface area contributed by atoms with Gasteiger partial charge < -0.3 is 14.6 Å². The molecule has 1 amide bonds. The molecule has 0 radical (unpaired) electrons. The Balaban J connectivity index is 1.69. The molecule has 164 valence electrons. The van der Waals surface area contributed by atoms with Gasteiger partial charge in [0.1, 0.15) is 17.2 Å². The van der Waals surface area contributed by atoms with Gasteiger partial charge in [0.2, 0.25) is 0 Å². The summed E-state index contributed by atoms with van der Waals surface area (Å²) in [5, 5.41) is 13.3. The van der Waals surface area contributed by atoms with E-state index in [0.717, 1.165) is 10.9 Å². The summed E-state index contributed by atoms with van der Waals surface area (Å²) < 4.78 is 11.8. The van der Waals surface area contributed by atoms with Crippen molar-refractivity contribution in [3.05, 3.63) is 87.9 Å². The molecule has 3 aromatic rings. The van der Waals surface area contributed by atoms with Crippen LogP contribution in [0.15, 0.2) is 76.3 Å². The normalized spacial score (nSPS) is 10.7. The van der Waals surface area contributed by atoms with E-state index in [1.165, 1.54) is 30.5 Å². The van der Waals surface area contributed by atoms with Crippen LogP contribution in [-0.4, -0.2) is 29.8 Å². The number of hydrogen-bond acceptors (Lipinski definition) is 6. The molecule has 0 unspecified atom stereocenters. The van der Waals surface area contributed by atoms with Crippen molar-refractivity contribution in [1.29, 1.82) is 0 Å². The molecule has 0 fully saturated rings. The molecule has 0 aliphatic rings. The fourth-order valence-electron chi connectivity index (χ4n) is 2.62. The van der Waals surface area contributed by atoms with E-state index in [9.17, 15) is 14.7 Å². The average molecular weight is 497 g/mol. The topological polar surface area (TPSA) is 97.2 Å². The van der Waals surface area contributed by atoms with E-state index in [-0.39, 0.29) is 11.5 Å². The average Bonchev–Trinajstić information content (AvgIpc) is 2.80. The number of amides is 1. The van der Waals surface area contributed by atoms with Gasteiger partial charge in [-0.2, -0.15) is 5.10 Å². The molecule has 8 heteroatoms. The standard InChI is InChI=1S/C24H21BrN2O5/c1-2-13-31-21-10-5-17(6-11-21)24(30)32-22-12-7-19(25)14-18(22)15-26-27-23(29)16-3-8-20(28)9-4-16/h3-12,14-15,28H,2,13H2,1H3,(H,27,29). The van der Waals surface area contributed by atoms with Crippen LogP contribution in [0, 0.1) is 0 Å². The molecule has 0 heterocycles. The lowest BCUT2D eigenvalue weighted by Crippen LogP contribution is -2.17. The lowest BCUT2D eigenvalue weighted by atomic mass is 10.2. The summed E-state index contributed by atoms with van der Waals surface area (Å²) in [6.45, 7) is 2.62. The Hall–Kier alpha value is -3.65. The zero-order chi connectivity index (χ0) is 22.9. The first-order chi connectivity index (χ1) is 15.5. The Labute approximate surface area is 193 Å². The molecule has 0 aromatic heterocycles. The van der Waals surface area contributed by atoms with E-state index in [1.807, 2.05) is 6.92 Å². The van der Waals surface area contributed by atoms with Gasteiger partial charge in [-0.15, -0.1) is 0 Å². The van der Waals surface area contributed by atoms with E-state index in [4.69, 9.17) is 9.47 Å². The Morgan fingerprint density at radius 1 is 1.03 bits per heavy atom. The summed E-state index contributed by atoms with van der Waals surface area (Å²) in [5.41, 5.74) is 3.60. The second-order valence-electron chi connectivity index (χ2n) is 6.69. The van der Waals surface area contributed by atoms with Gasteiger partial charge in [0.25, 0.3) is 5.91 Å². The van der Waals surface area contributed by atoms with Gasteiger partial charge >= 0.3 is 5.97 Å². The smallest absolute Gasteiger partial charge is 0.343 e. The molecule has 0 atom stereocenters. The Morgan fingerprint density at radius 3 is 2.41 bits per heavy atom. The number of halogens is 1. The van der Waals surface area contributed by atoms with E-state index < -0.39 is 11.9 Å². The third kappa shape index (κ3) is 6.42. The van der Waals surface area contributed by atoms with Crippen molar-refractivity contribution in [2.75, 3.05) is 6.61 Å². The number of rotatable bonds is 8. The monoisotopic (exact) mass is 496 g/mol. The second-order valence-corrected chi connectivity index (χ2v) is 7.61. The molecule has 0 saturated heterocycles. The number of esters is 1. The molecule has 0 aliphatic heterocycles. The van der Waals surface area contributed by atoms with E-state index in [2.05, 4.69) is 26.5 Å². The lowest BCUT2D eigenvalue weighted by Gasteiger charge is -2.09. The molecular formula is C24H21BrN2O5. The summed E-state index contributed by atoms with van der Waals surface area (Å²) in [4.78, 5) is 24.7. The number of ether oxygens (including phenoxy) is 2. The molecule has 0 spiro atoms. The number of carbonyl (C=O) groups excluding carboxylic acids is 2. The third-order valence-corrected chi connectivity index (χ3v) is 4.73. The SMILES string of the molecule is CCCOc1ccc(C(=O)Oc2ccc(Br)cc2C=NNC(=O)c2ccc(O)cc2)cc1. The van der Waals surface area contributed by atoms with Crippen LogP contribution in [0.1, 0.15) is 39.6 Å². The first-order valence-electron chi connectivity index (χ1n) is 9.83. The lowest BCUT2D eigenvalue weighted by molar-refractivity contribution is 0.0734. The molecule has 0 aliphatic carbocycles. The van der Waals surface area contributed by atoms with Crippen molar-refractivity contribution in [2.24, 2.45) is 5.10 Å². The number of hydrazone groups is 1. The number of aromatic hydroxyl groups is 1. The summed E-state index contributed by atoms with van der Waals surface area (Å²) in [6.07, 6.45) is 2.28. The van der Waals surface area contributed by atoms with Crippen molar-refractivity contribution in [2.45, 2.75) is 13.3 Å². The number of nitrogens with zero attached hydrogens (tertiary/aromatic N) is 1. The molecular weight excluding hydrogens is 476 g/mol. The number of benzene rings is 3. The van der Waals surface area contributed by atoms with Crippen LogP contribution in [0.5, 0.6) is 17.2 Å². The van der Waals surface area contributed by atoms with Crippen LogP contribution in [0.3, 0.4) is 0 Å². The maximum Gasteiger partial charge on any atom is 0.343 e. The first-order valence-corrected chi connectivity index (χ1v) is 10.6. The highest BCUT2D eigenvalue weighted by Crippen LogP contribution is 2.23. The van der Waals surface area contributed by atoms with Crippen LogP contribution in [0.2, 0.25) is 0 Å². The highest BCUT2D eigenvalue weighted by molar-refractivity contribution is 9.10. The van der Waals surface area contributed by atoms with Gasteiger partial charge in [0.05, 0.1) is 18.4 Å². The van der Waals surface area contributed by atoms with Crippen LogP contribution in [0.4, 0.5) is 0 Å². The Morgan fingerprint density at radius 2 is 1.72 bits per heavy atom. The fraction of sp³-hybridized carbons (Fsp3) is 0.125. The molecule has 0 bridgehead atoms. The zero-order valence-corrected chi connectivity index (χ0v) is 18.8. The third-order valence-electron chi connectivity index (χ3n) is 4.24. The van der Waals surface area contributed by atoms with Crippen LogP contribution in [0.25, 0.3) is 0 Å². The maximum absolute atomic E-state index is 12.6. The van der Waals surface area contributed by atoms with Gasteiger partial charge in [0, 0.05) is 15.6 Å². The molecule has 2 N–H and O–H groups in total. The first kappa shape index (κ1) is 23.0. The van der Waals surface area contributed by atoms with Gasteiger partial charge in [0.15, 0.2) is 0 Å². The second kappa shape index (κ2) is 11.1. The highest BCUT2D eigenvalue weighted by Gasteiger charge is 2.12. The largest absolute Gasteiger partial charge is 0.508 e. The predicted molar refractivity (Wildman–Crippen MR) is 124 cm³/mol. The van der Waals surface area contributed by atoms with E-state index in [1.54, 1.807) is 42.5 Å². The van der Waals surface area contributed by atoms with Crippen LogP contribution >= 0.6 is 15.9 Å². The minimum absolute atomic E-state index is 0.0637. The quantitative estimate of drug-likeness (QED) is 0.199. The van der Waals surface area contributed by atoms with Gasteiger partial charge in [-0.05, 0) is 73.2 Å². The molecule has 32 heavy (non-hydrogen) atoms. The molecule has 7 nitrogen and oxygen atoms in total. The highest BCUT2D eigenvalue weighted by atomic mass is 79.9. The number of hydrogen-bond donors (Lipinski definition) is 2. The van der Waals surface area contributed by atoms with Crippen LogP contribution < -0.4 is 14.9 Å². The summed E-state index contributed by atoms with van der Waals surface area (Å²) in [5.74, 6) is 0.0578. The van der Waals surface area contributed by atoms with Gasteiger partial charge in [-0.25, -0.2) is 10.2 Å². The van der Waals surface area contributed by atoms with Gasteiger partial charge in [-0.1, -0.05) is 22.9 Å². The summed E-state index contributed by atoms with van der Waals surface area (Å²) >= 11 is 3.37. The molecule has 0 saturated carbocycles. The zero-order valence-electron chi connectivity index (χ0n) is 17.2. The predicted octanol–water partition coefficient (Wildman–Crippen LogP) is 4.93. The minimum Gasteiger partial charge on any atom is -0.508 e. The van der Waals surface area contributed by atoms with Crippen LogP contribution in [-0.2, 0) is 0 Å². The van der Waals surface area contributed by atoms with Crippen molar-refractivity contribution in [3.8, 4) is 17.2 Å². The van der Waals surface area contributed by atoms with Crippen molar-refractivity contribution in [1.82, 2.24) is 5.43 Å². The molecule has 3 rings (SSSR count). The van der Waals surface area contributed by atoms with Crippen molar-refractivity contribution in [3.63, 3.8) is 0 Å². The van der Waals surface area contributed by atoms with Crippen molar-refractivity contribution >= 4 is 34.0 Å². The summed E-state index contributed by atoms with van der Waals surface area (Å²) in [7, 11) is 0. The number of carbonyl (C=O) groups is 2. The van der Waals surface area contributed by atoms with E-state index >= 15 is 0 Å². The fourth-order valence-corrected chi connectivity index (χ4v) is 3.00. The van der Waals surface area contributed by atoms with E-state index in [0.29, 0.717) is 29.0 Å². The van der Waals surface area contributed by atoms with Crippen molar-refractivity contribution < 1.29 is 24.2 Å². The Bertz CT molecular complexity index is 1110. The Kier molecular flexibility index (Phi) is 7.99. The van der Waals surface area contributed by atoms with Gasteiger partial charge in [-0.3, -0.25) is 4.79 Å². The maximum atomic E-state index is 12.6. The minimum atomic E-state index is -0.530. The number of nitrogens with one attached hydrogen (secondary N) is 1.